The van der Waals surface area contributed by atoms with Crippen LogP contribution in [0.3, 0.4) is 0 Å². The number of likely N-dealkylation sites (N-methyl/N-ethyl adjacent to an activating group) is 1. The van der Waals surface area contributed by atoms with Crippen LogP contribution in [0.5, 0.6) is 0 Å². The van der Waals surface area contributed by atoms with Gasteiger partial charge in [-0.25, -0.2) is 0 Å². The molecule has 3 nitrogen and oxygen atoms in total. The summed E-state index contributed by atoms with van der Waals surface area (Å²) in [5.74, 6) is 0.0594. The second-order valence-corrected chi connectivity index (χ2v) is 4.80. The maximum atomic E-state index is 11.9. The topological polar surface area (TPSA) is 40.5 Å². The third-order valence-corrected chi connectivity index (χ3v) is 3.05. The number of aliphatic hydroxyl groups is 1. The third kappa shape index (κ3) is 3.70. The number of carbonyl (C=O) groups excluding carboxylic acids is 1. The first-order chi connectivity index (χ1) is 7.54. The number of halogens is 1. The van der Waals surface area contributed by atoms with E-state index in [4.69, 9.17) is 5.11 Å². The van der Waals surface area contributed by atoms with Crippen LogP contribution in [0.4, 0.5) is 0 Å². The van der Waals surface area contributed by atoms with Crippen molar-refractivity contribution in [2.75, 3.05) is 20.2 Å². The van der Waals surface area contributed by atoms with Crippen molar-refractivity contribution < 1.29 is 9.90 Å². The lowest BCUT2D eigenvalue weighted by Crippen LogP contribution is -2.36. The predicted octanol–water partition coefficient (Wildman–Crippen LogP) is 1.94. The second kappa shape index (κ2) is 6.13. The number of rotatable bonds is 5. The molecule has 0 saturated carbocycles. The average Bonchev–Trinajstić information content (AvgIpc) is 2.27. The highest BCUT2D eigenvalue weighted by molar-refractivity contribution is 9.10. The van der Waals surface area contributed by atoms with Crippen molar-refractivity contribution in [3.05, 3.63) is 34.3 Å². The number of Topliss-reactive ketones (excluding diaryl/α,β-unsaturated/α-hetero) is 1. The van der Waals surface area contributed by atoms with Gasteiger partial charge in [-0.1, -0.05) is 28.1 Å². The zero-order chi connectivity index (χ0) is 12.1. The Labute approximate surface area is 104 Å². The molecule has 1 N–H and O–H groups in total. The fourth-order valence-corrected chi connectivity index (χ4v) is 1.67. The lowest BCUT2D eigenvalue weighted by atomic mass is 10.1. The van der Waals surface area contributed by atoms with Crippen molar-refractivity contribution in [3.8, 4) is 0 Å². The second-order valence-electron chi connectivity index (χ2n) is 3.88. The van der Waals surface area contributed by atoms with Gasteiger partial charge in [-0.15, -0.1) is 0 Å². The Bertz CT molecular complexity index is 368. The van der Waals surface area contributed by atoms with Crippen LogP contribution in [0, 0.1) is 0 Å². The number of hydrogen-bond donors (Lipinski definition) is 1. The van der Waals surface area contributed by atoms with Gasteiger partial charge in [-0.05, 0) is 26.1 Å². The van der Waals surface area contributed by atoms with E-state index in [-0.39, 0.29) is 18.4 Å². The van der Waals surface area contributed by atoms with E-state index in [0.29, 0.717) is 12.1 Å². The standard InChI is InChI=1S/C12H16BrNO2/c1-9(8-15)14(2)7-12(16)10-4-3-5-11(13)6-10/h3-6,9,15H,7-8H2,1-2H3. The summed E-state index contributed by atoms with van der Waals surface area (Å²) in [6, 6.07) is 7.32. The molecule has 1 rings (SSSR count). The number of benzene rings is 1. The highest BCUT2D eigenvalue weighted by Gasteiger charge is 2.13. The van der Waals surface area contributed by atoms with Crippen molar-refractivity contribution >= 4 is 21.7 Å². The zero-order valence-corrected chi connectivity index (χ0v) is 11.1. The number of ketones is 1. The molecule has 1 unspecified atom stereocenters. The Hall–Kier alpha value is -0.710. The molecule has 0 aliphatic rings. The van der Waals surface area contributed by atoms with Gasteiger partial charge in [-0.3, -0.25) is 9.69 Å². The van der Waals surface area contributed by atoms with Gasteiger partial charge in [0.25, 0.3) is 0 Å². The molecule has 1 aromatic rings. The predicted molar refractivity (Wildman–Crippen MR) is 67.7 cm³/mol. The van der Waals surface area contributed by atoms with Crippen molar-refractivity contribution in [1.29, 1.82) is 0 Å². The molecule has 0 radical (unpaired) electrons. The van der Waals surface area contributed by atoms with Crippen molar-refractivity contribution in [1.82, 2.24) is 4.90 Å². The van der Waals surface area contributed by atoms with E-state index < -0.39 is 0 Å². The molecule has 16 heavy (non-hydrogen) atoms. The van der Waals surface area contributed by atoms with Gasteiger partial charge in [0.2, 0.25) is 0 Å². The lowest BCUT2D eigenvalue weighted by Gasteiger charge is -2.21. The summed E-state index contributed by atoms with van der Waals surface area (Å²) in [6.07, 6.45) is 0. The van der Waals surface area contributed by atoms with Gasteiger partial charge in [0.1, 0.15) is 0 Å². The molecule has 0 aliphatic heterocycles. The minimum Gasteiger partial charge on any atom is -0.395 e. The molecule has 1 aromatic carbocycles. The van der Waals surface area contributed by atoms with E-state index in [1.807, 2.05) is 31.0 Å². The van der Waals surface area contributed by atoms with Gasteiger partial charge >= 0.3 is 0 Å². The fraction of sp³-hybridized carbons (Fsp3) is 0.417. The Kier molecular flexibility index (Phi) is 5.12. The van der Waals surface area contributed by atoms with Crippen LogP contribution in [-0.4, -0.2) is 42.0 Å². The van der Waals surface area contributed by atoms with Crippen LogP contribution < -0.4 is 0 Å². The summed E-state index contributed by atoms with van der Waals surface area (Å²) in [5.41, 5.74) is 0.686. The number of aliphatic hydroxyl groups excluding tert-OH is 1. The van der Waals surface area contributed by atoms with Gasteiger partial charge < -0.3 is 5.11 Å². The zero-order valence-electron chi connectivity index (χ0n) is 9.48. The third-order valence-electron chi connectivity index (χ3n) is 2.56. The Balaban J connectivity index is 2.66. The summed E-state index contributed by atoms with van der Waals surface area (Å²) in [5, 5.41) is 8.97. The summed E-state index contributed by atoms with van der Waals surface area (Å²) >= 11 is 3.33. The van der Waals surface area contributed by atoms with E-state index in [2.05, 4.69) is 15.9 Å². The molecule has 0 heterocycles. The van der Waals surface area contributed by atoms with E-state index >= 15 is 0 Å². The molecule has 4 heteroatoms. The first-order valence-corrected chi connectivity index (χ1v) is 5.93. The molecule has 0 aliphatic carbocycles. The smallest absolute Gasteiger partial charge is 0.176 e. The van der Waals surface area contributed by atoms with E-state index in [1.165, 1.54) is 0 Å². The molecule has 88 valence electrons. The van der Waals surface area contributed by atoms with Crippen LogP contribution in [0.1, 0.15) is 17.3 Å². The summed E-state index contributed by atoms with van der Waals surface area (Å²) in [6.45, 7) is 2.26. The number of carbonyl (C=O) groups is 1. The van der Waals surface area contributed by atoms with Gasteiger partial charge in [0, 0.05) is 16.1 Å². The highest BCUT2D eigenvalue weighted by atomic mass is 79.9. The molecule has 0 saturated heterocycles. The van der Waals surface area contributed by atoms with E-state index in [0.717, 1.165) is 4.47 Å². The van der Waals surface area contributed by atoms with Crippen molar-refractivity contribution in [3.63, 3.8) is 0 Å². The molecule has 0 aromatic heterocycles. The van der Waals surface area contributed by atoms with Crippen LogP contribution >= 0.6 is 15.9 Å². The fourth-order valence-electron chi connectivity index (χ4n) is 1.27. The first-order valence-electron chi connectivity index (χ1n) is 5.14. The van der Waals surface area contributed by atoms with Crippen molar-refractivity contribution in [2.24, 2.45) is 0 Å². The summed E-state index contributed by atoms with van der Waals surface area (Å²) in [4.78, 5) is 13.7. The van der Waals surface area contributed by atoms with E-state index in [1.54, 1.807) is 12.1 Å². The number of hydrogen-bond acceptors (Lipinski definition) is 3. The Morgan fingerprint density at radius 3 is 2.81 bits per heavy atom. The maximum Gasteiger partial charge on any atom is 0.176 e. The largest absolute Gasteiger partial charge is 0.395 e. The molecule has 0 spiro atoms. The first kappa shape index (κ1) is 13.4. The van der Waals surface area contributed by atoms with E-state index in [9.17, 15) is 4.79 Å². The SMILES string of the molecule is CC(CO)N(C)CC(=O)c1cccc(Br)c1. The molecule has 1 atom stereocenters. The van der Waals surface area contributed by atoms with Crippen LogP contribution in [-0.2, 0) is 0 Å². The van der Waals surface area contributed by atoms with Gasteiger partial charge in [0.15, 0.2) is 5.78 Å². The lowest BCUT2D eigenvalue weighted by molar-refractivity contribution is 0.0890. The van der Waals surface area contributed by atoms with Crippen LogP contribution in [0.25, 0.3) is 0 Å². The molecule has 0 amide bonds. The molecule has 0 bridgehead atoms. The molecular formula is C12H16BrNO2. The quantitative estimate of drug-likeness (QED) is 0.841. The van der Waals surface area contributed by atoms with Gasteiger partial charge in [0.05, 0.1) is 13.2 Å². The Morgan fingerprint density at radius 1 is 1.56 bits per heavy atom. The minimum atomic E-state index is -0.00361. The normalized spacial score (nSPS) is 12.8. The number of nitrogens with zero attached hydrogens (tertiary/aromatic N) is 1. The molecule has 0 fully saturated rings. The Morgan fingerprint density at radius 2 is 2.25 bits per heavy atom. The summed E-state index contributed by atoms with van der Waals surface area (Å²) < 4.78 is 0.899. The monoisotopic (exact) mass is 285 g/mol. The van der Waals surface area contributed by atoms with Crippen LogP contribution in [0.15, 0.2) is 28.7 Å². The summed E-state index contributed by atoms with van der Waals surface area (Å²) in [7, 11) is 1.83. The average molecular weight is 286 g/mol. The van der Waals surface area contributed by atoms with Crippen molar-refractivity contribution in [2.45, 2.75) is 13.0 Å². The van der Waals surface area contributed by atoms with Crippen LogP contribution in [0.2, 0.25) is 0 Å². The maximum absolute atomic E-state index is 11.9. The van der Waals surface area contributed by atoms with Gasteiger partial charge in [-0.2, -0.15) is 0 Å². The highest BCUT2D eigenvalue weighted by Crippen LogP contribution is 2.12. The molecular weight excluding hydrogens is 270 g/mol. The minimum absolute atomic E-state index is 0.00361.